The molecule has 2 saturated carbocycles. The van der Waals surface area contributed by atoms with Gasteiger partial charge in [-0.3, -0.25) is 4.79 Å². The van der Waals surface area contributed by atoms with Gasteiger partial charge in [0, 0.05) is 38.0 Å². The van der Waals surface area contributed by atoms with Crippen LogP contribution in [0.4, 0.5) is 0 Å². The molecule has 20 nitrogen and oxygen atoms in total. The first-order valence-electron chi connectivity index (χ1n) is 17.6. The molecule has 20 heteroatoms. The Kier molecular flexibility index (Phi) is 13.9. The zero-order chi connectivity index (χ0) is 37.2. The summed E-state index contributed by atoms with van der Waals surface area (Å²) in [5, 5.41) is 67.8. The van der Waals surface area contributed by atoms with E-state index in [4.69, 9.17) is 62.8 Å². The molecule has 2 unspecified atom stereocenters. The lowest BCUT2D eigenvalue weighted by atomic mass is 9.76. The number of carbonyl (C=O) groups excluding carboxylic acids is 1. The van der Waals surface area contributed by atoms with E-state index in [0.717, 1.165) is 6.42 Å². The monoisotopic (exact) mass is 735 g/mol. The molecule has 294 valence electrons. The number of rotatable bonds is 16. The number of aliphatic hydroxyl groups excluding tert-OH is 5. The van der Waals surface area contributed by atoms with Crippen LogP contribution < -0.4 is 39.7 Å². The summed E-state index contributed by atoms with van der Waals surface area (Å²) >= 11 is 0. The maximum Gasteiger partial charge on any atom is 0.187 e. The third kappa shape index (κ3) is 8.97. The van der Waals surface area contributed by atoms with Crippen LogP contribution in [-0.2, 0) is 33.2 Å². The summed E-state index contributed by atoms with van der Waals surface area (Å²) in [6.07, 6.45) is -12.1. The molecule has 3 heterocycles. The number of hydrogen-bond donors (Lipinski definition) is 13. The molecule has 0 radical (unpaired) electrons. The van der Waals surface area contributed by atoms with Crippen molar-refractivity contribution in [3.63, 3.8) is 0 Å². The van der Waals surface area contributed by atoms with Crippen molar-refractivity contribution >= 4 is 5.78 Å². The van der Waals surface area contributed by atoms with Crippen molar-refractivity contribution in [2.45, 2.75) is 135 Å². The molecule has 0 spiro atoms. The topological polar surface area (TPSA) is 362 Å². The average Bonchev–Trinajstić information content (AvgIpc) is 3.63. The van der Waals surface area contributed by atoms with Gasteiger partial charge in [0.25, 0.3) is 0 Å². The number of nitrogens with two attached hydrogens (primary N) is 6. The first-order valence-corrected chi connectivity index (χ1v) is 17.6. The summed E-state index contributed by atoms with van der Waals surface area (Å²) < 4.78 is 36.0. The highest BCUT2D eigenvalue weighted by Crippen LogP contribution is 2.41. The third-order valence-electron chi connectivity index (χ3n) is 10.5. The van der Waals surface area contributed by atoms with Crippen molar-refractivity contribution in [3.05, 3.63) is 12.2 Å². The smallest absolute Gasteiger partial charge is 0.187 e. The number of Topliss-reactive ketones (excluding diaryl/α,β-unsaturated/α-hetero) is 1. The molecule has 51 heavy (non-hydrogen) atoms. The molecule has 19 atom stereocenters. The average molecular weight is 736 g/mol. The second-order valence-electron chi connectivity index (χ2n) is 14.2. The van der Waals surface area contributed by atoms with E-state index >= 15 is 0 Å². The van der Waals surface area contributed by atoms with Gasteiger partial charge in [0.15, 0.2) is 24.7 Å². The van der Waals surface area contributed by atoms with E-state index in [-0.39, 0.29) is 25.8 Å². The van der Waals surface area contributed by atoms with E-state index in [1.165, 1.54) is 0 Å². The molecule has 2 aliphatic carbocycles. The summed E-state index contributed by atoms with van der Waals surface area (Å²) in [6, 6.07) is -3.56. The van der Waals surface area contributed by atoms with Crippen LogP contribution in [0, 0.1) is 5.92 Å². The van der Waals surface area contributed by atoms with Gasteiger partial charge in [-0.2, -0.15) is 0 Å². The van der Waals surface area contributed by atoms with Crippen LogP contribution in [0.15, 0.2) is 12.2 Å². The molecule has 0 bridgehead atoms. The molecule has 5 rings (SSSR count). The fourth-order valence-corrected chi connectivity index (χ4v) is 7.11. The van der Waals surface area contributed by atoms with Crippen LogP contribution in [0.2, 0.25) is 0 Å². The van der Waals surface area contributed by atoms with Crippen LogP contribution in [0.5, 0.6) is 0 Å². The lowest BCUT2D eigenvalue weighted by Gasteiger charge is -2.46. The zero-order valence-corrected chi connectivity index (χ0v) is 28.4. The Labute approximate surface area is 295 Å². The van der Waals surface area contributed by atoms with Crippen molar-refractivity contribution in [2.75, 3.05) is 32.8 Å². The second-order valence-corrected chi connectivity index (χ2v) is 14.2. The Morgan fingerprint density at radius 2 is 1.51 bits per heavy atom. The Morgan fingerprint density at radius 1 is 0.843 bits per heavy atom. The lowest BCUT2D eigenvalue weighted by molar-refractivity contribution is -0.286. The zero-order valence-electron chi connectivity index (χ0n) is 28.4. The quantitative estimate of drug-likeness (QED) is 0.0517. The van der Waals surface area contributed by atoms with Crippen molar-refractivity contribution in [2.24, 2.45) is 40.3 Å². The van der Waals surface area contributed by atoms with Crippen molar-refractivity contribution < 1.29 is 63.9 Å². The first-order chi connectivity index (χ1) is 24.2. The fraction of sp³-hybridized carbons (Fsp3) is 0.903. The molecule has 5 aliphatic rings. The van der Waals surface area contributed by atoms with Gasteiger partial charge in [0.1, 0.15) is 54.4 Å². The summed E-state index contributed by atoms with van der Waals surface area (Å²) in [4.78, 5) is 13.0. The van der Waals surface area contributed by atoms with Crippen LogP contribution in [0.25, 0.3) is 0 Å². The summed E-state index contributed by atoms with van der Waals surface area (Å²) in [5.41, 5.74) is 34.4. The van der Waals surface area contributed by atoms with Gasteiger partial charge < -0.3 is 98.8 Å². The van der Waals surface area contributed by atoms with Gasteiger partial charge in [-0.25, -0.2) is 0 Å². The van der Waals surface area contributed by atoms with E-state index < -0.39 is 128 Å². The molecule has 19 N–H and O–H groups in total. The first kappa shape index (κ1) is 40.8. The van der Waals surface area contributed by atoms with E-state index in [2.05, 4.69) is 5.32 Å². The van der Waals surface area contributed by atoms with E-state index in [0.29, 0.717) is 19.6 Å². The van der Waals surface area contributed by atoms with Crippen LogP contribution in [-0.4, -0.2) is 179 Å². The van der Waals surface area contributed by atoms with Crippen LogP contribution >= 0.6 is 0 Å². The minimum atomic E-state index is -1.69. The molecular formula is C31H57N7O13. The van der Waals surface area contributed by atoms with Crippen molar-refractivity contribution in [1.29, 1.82) is 0 Å². The fourth-order valence-electron chi connectivity index (χ4n) is 7.11. The predicted octanol–water partition coefficient (Wildman–Crippen LogP) is -7.37. The van der Waals surface area contributed by atoms with Crippen LogP contribution in [0.3, 0.4) is 0 Å². The normalized spacial score (nSPS) is 48.5. The highest BCUT2D eigenvalue weighted by Gasteiger charge is 2.58. The van der Waals surface area contributed by atoms with Gasteiger partial charge in [-0.1, -0.05) is 12.2 Å². The summed E-state index contributed by atoms with van der Waals surface area (Å²) in [5.74, 6) is -1.36. The Morgan fingerprint density at radius 3 is 2.16 bits per heavy atom. The van der Waals surface area contributed by atoms with Gasteiger partial charge >= 0.3 is 0 Å². The van der Waals surface area contributed by atoms with Gasteiger partial charge in [-0.15, -0.1) is 0 Å². The predicted molar refractivity (Wildman–Crippen MR) is 176 cm³/mol. The molecule has 3 aliphatic heterocycles. The minimum Gasteiger partial charge on any atom is -0.394 e. The van der Waals surface area contributed by atoms with Crippen LogP contribution in [0.1, 0.15) is 25.7 Å². The molecule has 0 aromatic rings. The molecule has 0 amide bonds. The Hall–Kier alpha value is -1.35. The lowest BCUT2D eigenvalue weighted by Crippen LogP contribution is -2.64. The number of aliphatic hydroxyl groups is 6. The molecule has 2 saturated heterocycles. The summed E-state index contributed by atoms with van der Waals surface area (Å²) in [6.45, 7) is 0.820. The van der Waals surface area contributed by atoms with Gasteiger partial charge in [-0.05, 0) is 31.8 Å². The number of ether oxygens (including phenoxy) is 6. The molecule has 0 aromatic carbocycles. The number of nitrogens with one attached hydrogen (secondary N) is 1. The highest BCUT2D eigenvalue weighted by molar-refractivity contribution is 5.91. The maximum atomic E-state index is 13.0. The molecular weight excluding hydrogens is 678 g/mol. The Balaban J connectivity index is 1.33. The minimum absolute atomic E-state index is 0.0805. The van der Waals surface area contributed by atoms with E-state index in [1.807, 2.05) is 0 Å². The number of ketones is 1. The van der Waals surface area contributed by atoms with Crippen molar-refractivity contribution in [1.82, 2.24) is 5.32 Å². The largest absolute Gasteiger partial charge is 0.394 e. The third-order valence-corrected chi connectivity index (χ3v) is 10.5. The molecule has 4 fully saturated rings. The summed E-state index contributed by atoms with van der Waals surface area (Å²) in [7, 11) is 0. The molecule has 0 aromatic heterocycles. The highest BCUT2D eigenvalue weighted by atomic mass is 16.8. The SMILES string of the molecule is NCCCNC[C@@H]1C=C[C@@H](N)[C@@H](O[C@H]2[C@H](O[C@@H]3O[C@H](CO)[C@@H](O[C@H]4O[C@@H](CN)[C@@H](O)[C@H](O)[C@H]4N)[C@H]3O)[C@@H](O)[C@H](CC(=O)C3(O)CC3N)C[C@@H]2N)O1. The van der Waals surface area contributed by atoms with Gasteiger partial charge in [0.05, 0.1) is 30.9 Å². The van der Waals surface area contributed by atoms with E-state index in [9.17, 15) is 35.4 Å². The number of hydrogen-bond acceptors (Lipinski definition) is 20. The Bertz CT molecular complexity index is 1180. The van der Waals surface area contributed by atoms with Crippen molar-refractivity contribution in [3.8, 4) is 0 Å². The van der Waals surface area contributed by atoms with Gasteiger partial charge in [0.2, 0.25) is 0 Å². The maximum absolute atomic E-state index is 13.0. The standard InChI is InChI=1S/C31H57N7O13/c32-4-1-5-38-10-13-2-3-14(34)28(46-13)49-25-15(35)6-12(7-19(40)31(45)8-18(31)36)21(41)27(25)51-30-24(44)26(17(11-39)48-30)50-29-20(37)23(43)22(42)16(9-33)47-29/h2-3,12-18,20-30,38-39,41-45H,1,4-11,32-37H2/t12-,13-,14+,15-,16-,17+,18?,20+,21-,22+,23+,24+,25+,26+,27+,28+,29+,30-,31?/m0/s1. The second kappa shape index (κ2) is 17.4. The number of carbonyl (C=O) groups is 1. The van der Waals surface area contributed by atoms with E-state index in [1.54, 1.807) is 12.2 Å².